The predicted octanol–water partition coefficient (Wildman–Crippen LogP) is 1.78. The van der Waals surface area contributed by atoms with Crippen molar-refractivity contribution >= 4 is 11.6 Å². The van der Waals surface area contributed by atoms with Gasteiger partial charge in [-0.2, -0.15) is 14.6 Å². The molecule has 0 radical (unpaired) electrons. The molecule has 2 N–H and O–H groups in total. The van der Waals surface area contributed by atoms with E-state index in [9.17, 15) is 0 Å². The Balaban J connectivity index is 2.03. The second-order valence-corrected chi connectivity index (χ2v) is 5.86. The van der Waals surface area contributed by atoms with E-state index in [0.29, 0.717) is 17.7 Å². The molecule has 2 atom stereocenters. The summed E-state index contributed by atoms with van der Waals surface area (Å²) in [5.74, 6) is 2.32. The van der Waals surface area contributed by atoms with E-state index in [1.165, 1.54) is 25.7 Å². The fourth-order valence-electron chi connectivity index (χ4n) is 3.56. The summed E-state index contributed by atoms with van der Waals surface area (Å²) in [4.78, 5) is 11.1. The van der Waals surface area contributed by atoms with Crippen molar-refractivity contribution in [2.75, 3.05) is 18.0 Å². The average molecular weight is 288 g/mol. The fourth-order valence-corrected chi connectivity index (χ4v) is 3.56. The van der Waals surface area contributed by atoms with Gasteiger partial charge in [-0.1, -0.05) is 12.8 Å². The Kier molecular flexibility index (Phi) is 4.05. The molecule has 0 aromatic carbocycles. The molecule has 1 aliphatic carbocycles. The van der Waals surface area contributed by atoms with Gasteiger partial charge in [-0.3, -0.25) is 0 Å². The fraction of sp³-hybridized carbons (Fsp3) is 0.667. The number of nitrogens with two attached hydrogens (primary N) is 1. The Morgan fingerprint density at radius 3 is 2.95 bits per heavy atom. The number of anilines is 1. The highest BCUT2D eigenvalue weighted by Gasteiger charge is 2.30. The third-order valence-electron chi connectivity index (χ3n) is 4.57. The molecule has 2 unspecified atom stereocenters. The Morgan fingerprint density at radius 2 is 2.19 bits per heavy atom. The molecule has 2 aromatic rings. The van der Waals surface area contributed by atoms with Crippen molar-refractivity contribution in [2.24, 2.45) is 11.7 Å². The lowest BCUT2D eigenvalue weighted by molar-refractivity contribution is 0.299. The highest BCUT2D eigenvalue weighted by Crippen LogP contribution is 2.31. The molecule has 1 saturated carbocycles. The molecule has 0 amide bonds. The van der Waals surface area contributed by atoms with E-state index in [-0.39, 0.29) is 0 Å². The molecule has 2 aromatic heterocycles. The molecular formula is C15H24N6. The summed E-state index contributed by atoms with van der Waals surface area (Å²) < 4.78 is 1.85. The van der Waals surface area contributed by atoms with E-state index in [1.807, 2.05) is 11.4 Å². The molecule has 1 fully saturated rings. The number of aromatic nitrogens is 4. The van der Waals surface area contributed by atoms with Crippen LogP contribution in [-0.2, 0) is 0 Å². The first-order valence-corrected chi connectivity index (χ1v) is 7.88. The summed E-state index contributed by atoms with van der Waals surface area (Å²) in [6.07, 6.45) is 6.57. The highest BCUT2D eigenvalue weighted by molar-refractivity contribution is 5.48. The Labute approximate surface area is 125 Å². The maximum atomic E-state index is 6.01. The first kappa shape index (κ1) is 14.3. The minimum Gasteiger partial charge on any atom is -0.353 e. The van der Waals surface area contributed by atoms with Crippen LogP contribution in [-0.4, -0.2) is 38.7 Å². The van der Waals surface area contributed by atoms with Crippen molar-refractivity contribution < 1.29 is 0 Å². The zero-order chi connectivity index (χ0) is 14.8. The van der Waals surface area contributed by atoms with Gasteiger partial charge in [0.15, 0.2) is 0 Å². The summed E-state index contributed by atoms with van der Waals surface area (Å²) >= 11 is 0. The molecule has 1 aliphatic rings. The third-order valence-corrected chi connectivity index (χ3v) is 4.57. The second-order valence-electron chi connectivity index (χ2n) is 5.86. The quantitative estimate of drug-likeness (QED) is 0.928. The molecule has 0 spiro atoms. The van der Waals surface area contributed by atoms with Gasteiger partial charge in [-0.05, 0) is 39.2 Å². The van der Waals surface area contributed by atoms with Crippen LogP contribution < -0.4 is 10.6 Å². The Hall–Kier alpha value is -1.69. The van der Waals surface area contributed by atoms with Gasteiger partial charge in [0.05, 0.1) is 0 Å². The van der Waals surface area contributed by atoms with Gasteiger partial charge in [-0.25, -0.2) is 4.98 Å². The topological polar surface area (TPSA) is 72.3 Å². The molecule has 2 heterocycles. The van der Waals surface area contributed by atoms with Crippen molar-refractivity contribution in [1.29, 1.82) is 0 Å². The van der Waals surface area contributed by atoms with E-state index in [4.69, 9.17) is 5.73 Å². The number of aryl methyl sites for hydroxylation is 1. The van der Waals surface area contributed by atoms with Gasteiger partial charge in [-0.15, -0.1) is 0 Å². The molecule has 3 rings (SSSR count). The molecular weight excluding hydrogens is 264 g/mol. The summed E-state index contributed by atoms with van der Waals surface area (Å²) in [7, 11) is 0. The van der Waals surface area contributed by atoms with Gasteiger partial charge in [0.25, 0.3) is 5.78 Å². The number of hydrogen-bond acceptors (Lipinski definition) is 5. The normalized spacial score (nSPS) is 22.6. The van der Waals surface area contributed by atoms with Crippen LogP contribution in [0.3, 0.4) is 0 Å². The van der Waals surface area contributed by atoms with Crippen LogP contribution >= 0.6 is 0 Å². The van der Waals surface area contributed by atoms with E-state index in [0.717, 1.165) is 24.6 Å². The van der Waals surface area contributed by atoms with E-state index < -0.39 is 0 Å². The van der Waals surface area contributed by atoms with Crippen LogP contribution in [0.4, 0.5) is 5.82 Å². The van der Waals surface area contributed by atoms with Gasteiger partial charge >= 0.3 is 0 Å². The standard InChI is InChI=1S/C15H24N6/c1-3-20(13-7-5-4-6-12(13)9-16)14-8-11(2)19-15-17-10-18-21(14)15/h8,10,12-13H,3-7,9,16H2,1-2H3. The molecule has 6 nitrogen and oxygen atoms in total. The SMILES string of the molecule is CCN(c1cc(C)nc2ncnn12)C1CCCCC1CN. The minimum atomic E-state index is 0.489. The van der Waals surface area contributed by atoms with Gasteiger partial charge in [0.2, 0.25) is 0 Å². The monoisotopic (exact) mass is 288 g/mol. The molecule has 21 heavy (non-hydrogen) atoms. The van der Waals surface area contributed by atoms with Crippen LogP contribution in [0.15, 0.2) is 12.4 Å². The van der Waals surface area contributed by atoms with Gasteiger partial charge in [0.1, 0.15) is 12.1 Å². The molecule has 114 valence electrons. The van der Waals surface area contributed by atoms with E-state index >= 15 is 0 Å². The van der Waals surface area contributed by atoms with Crippen molar-refractivity contribution in [3.05, 3.63) is 18.1 Å². The smallest absolute Gasteiger partial charge is 0.254 e. The van der Waals surface area contributed by atoms with Crippen LogP contribution in [0.1, 0.15) is 38.3 Å². The Bertz CT molecular complexity index is 607. The molecule has 0 bridgehead atoms. The second kappa shape index (κ2) is 5.97. The summed E-state index contributed by atoms with van der Waals surface area (Å²) in [6.45, 7) is 5.90. The molecule has 0 aliphatic heterocycles. The van der Waals surface area contributed by atoms with Crippen LogP contribution in [0.5, 0.6) is 0 Å². The zero-order valence-corrected chi connectivity index (χ0v) is 12.9. The van der Waals surface area contributed by atoms with Crippen molar-refractivity contribution in [3.63, 3.8) is 0 Å². The highest BCUT2D eigenvalue weighted by atomic mass is 15.4. The molecule has 6 heteroatoms. The van der Waals surface area contributed by atoms with Crippen LogP contribution in [0.2, 0.25) is 0 Å². The maximum Gasteiger partial charge on any atom is 0.254 e. The predicted molar refractivity (Wildman–Crippen MR) is 83.3 cm³/mol. The van der Waals surface area contributed by atoms with Gasteiger partial charge in [0, 0.05) is 24.3 Å². The van der Waals surface area contributed by atoms with Crippen molar-refractivity contribution in [3.8, 4) is 0 Å². The number of rotatable bonds is 4. The maximum absolute atomic E-state index is 6.01. The number of hydrogen-bond donors (Lipinski definition) is 1. The molecule has 0 saturated heterocycles. The van der Waals surface area contributed by atoms with E-state index in [2.05, 4.69) is 33.0 Å². The lowest BCUT2D eigenvalue weighted by atomic mass is 9.83. The van der Waals surface area contributed by atoms with Crippen LogP contribution in [0, 0.1) is 12.8 Å². The lowest BCUT2D eigenvalue weighted by Gasteiger charge is -2.40. The average Bonchev–Trinajstić information content (AvgIpc) is 2.96. The number of nitrogens with zero attached hydrogens (tertiary/aromatic N) is 5. The minimum absolute atomic E-state index is 0.489. The lowest BCUT2D eigenvalue weighted by Crippen LogP contribution is -2.46. The van der Waals surface area contributed by atoms with Crippen molar-refractivity contribution in [2.45, 2.75) is 45.6 Å². The summed E-state index contributed by atoms with van der Waals surface area (Å²) in [5, 5.41) is 4.34. The van der Waals surface area contributed by atoms with Gasteiger partial charge < -0.3 is 10.6 Å². The zero-order valence-electron chi connectivity index (χ0n) is 12.9. The van der Waals surface area contributed by atoms with E-state index in [1.54, 1.807) is 6.33 Å². The number of fused-ring (bicyclic) bond motifs is 1. The largest absolute Gasteiger partial charge is 0.353 e. The first-order chi connectivity index (χ1) is 10.2. The van der Waals surface area contributed by atoms with Crippen LogP contribution in [0.25, 0.3) is 5.78 Å². The van der Waals surface area contributed by atoms with Crippen molar-refractivity contribution in [1.82, 2.24) is 19.6 Å². The summed E-state index contributed by atoms with van der Waals surface area (Å²) in [5.41, 5.74) is 6.99. The third kappa shape index (κ3) is 2.60. The Morgan fingerprint density at radius 1 is 1.38 bits per heavy atom. The first-order valence-electron chi connectivity index (χ1n) is 7.88. The summed E-state index contributed by atoms with van der Waals surface area (Å²) in [6, 6.07) is 2.59.